The van der Waals surface area contributed by atoms with Crippen molar-refractivity contribution in [2.24, 2.45) is 0 Å². The molecule has 23 heavy (non-hydrogen) atoms. The van der Waals surface area contributed by atoms with E-state index in [0.29, 0.717) is 5.56 Å². The van der Waals surface area contributed by atoms with E-state index in [4.69, 9.17) is 18.9 Å². The van der Waals surface area contributed by atoms with Gasteiger partial charge in [-0.05, 0) is 41.5 Å². The number of hydrogen-bond donors (Lipinski definition) is 0. The predicted molar refractivity (Wildman–Crippen MR) is 83.8 cm³/mol. The van der Waals surface area contributed by atoms with Gasteiger partial charge in [-0.3, -0.25) is 0 Å². The summed E-state index contributed by atoms with van der Waals surface area (Å²) in [6, 6.07) is 8.60. The average Bonchev–Trinajstić information content (AvgIpc) is 2.34. The first-order valence-corrected chi connectivity index (χ1v) is 7.30. The highest BCUT2D eigenvalue weighted by molar-refractivity contribution is 5.63. The van der Waals surface area contributed by atoms with Crippen molar-refractivity contribution < 1.29 is 28.5 Å². The van der Waals surface area contributed by atoms with E-state index in [9.17, 15) is 9.59 Å². The number of ether oxygens (including phenoxy) is 4. The molecule has 1 aromatic carbocycles. The van der Waals surface area contributed by atoms with Gasteiger partial charge in [-0.25, -0.2) is 9.59 Å². The van der Waals surface area contributed by atoms with Crippen LogP contribution < -0.4 is 0 Å². The van der Waals surface area contributed by atoms with E-state index >= 15 is 0 Å². The third kappa shape index (κ3) is 8.09. The number of rotatable bonds is 3. The van der Waals surface area contributed by atoms with Crippen molar-refractivity contribution in [1.29, 1.82) is 0 Å². The van der Waals surface area contributed by atoms with Gasteiger partial charge in [0, 0.05) is 5.56 Å². The Morgan fingerprint density at radius 1 is 0.783 bits per heavy atom. The van der Waals surface area contributed by atoms with Crippen LogP contribution in [0, 0.1) is 0 Å². The fourth-order valence-corrected chi connectivity index (χ4v) is 1.49. The number of hydrogen-bond acceptors (Lipinski definition) is 6. The zero-order chi connectivity index (χ0) is 17.7. The maximum Gasteiger partial charge on any atom is 0.512 e. The van der Waals surface area contributed by atoms with E-state index in [1.165, 1.54) is 0 Å². The second-order valence-corrected chi connectivity index (χ2v) is 6.91. The summed E-state index contributed by atoms with van der Waals surface area (Å²) in [6.07, 6.45) is -3.12. The molecule has 0 fully saturated rings. The normalized spacial score (nSPS) is 11.8. The average molecular weight is 324 g/mol. The molecule has 0 saturated carbocycles. The van der Waals surface area contributed by atoms with Crippen LogP contribution in [0.2, 0.25) is 0 Å². The van der Waals surface area contributed by atoms with Gasteiger partial charge in [0.05, 0.1) is 0 Å². The van der Waals surface area contributed by atoms with Crippen molar-refractivity contribution >= 4 is 12.3 Å². The van der Waals surface area contributed by atoms with E-state index < -0.39 is 29.8 Å². The van der Waals surface area contributed by atoms with Crippen LogP contribution in [0.15, 0.2) is 30.3 Å². The van der Waals surface area contributed by atoms with Crippen molar-refractivity contribution in [2.45, 2.75) is 59.0 Å². The van der Waals surface area contributed by atoms with Crippen LogP contribution in [-0.4, -0.2) is 23.5 Å². The largest absolute Gasteiger partial charge is 0.512 e. The van der Waals surface area contributed by atoms with Crippen LogP contribution in [0.3, 0.4) is 0 Å². The zero-order valence-electron chi connectivity index (χ0n) is 14.4. The van der Waals surface area contributed by atoms with Crippen molar-refractivity contribution in [2.75, 3.05) is 0 Å². The second kappa shape index (κ2) is 7.35. The predicted octanol–water partition coefficient (Wildman–Crippen LogP) is 4.59. The first kappa shape index (κ1) is 18.8. The fourth-order valence-electron chi connectivity index (χ4n) is 1.49. The van der Waals surface area contributed by atoms with Gasteiger partial charge >= 0.3 is 12.3 Å². The van der Waals surface area contributed by atoms with Gasteiger partial charge in [-0.1, -0.05) is 30.3 Å². The van der Waals surface area contributed by atoms with Gasteiger partial charge in [0.1, 0.15) is 11.2 Å². The Hall–Kier alpha value is -2.24. The first-order chi connectivity index (χ1) is 10.5. The highest BCUT2D eigenvalue weighted by atomic mass is 16.8. The molecule has 0 spiro atoms. The molecule has 1 aromatic rings. The van der Waals surface area contributed by atoms with Crippen molar-refractivity contribution in [3.8, 4) is 0 Å². The smallest absolute Gasteiger partial charge is 0.428 e. The summed E-state index contributed by atoms with van der Waals surface area (Å²) in [7, 11) is 0. The van der Waals surface area contributed by atoms with Gasteiger partial charge in [0.15, 0.2) is 0 Å². The Kier molecular flexibility index (Phi) is 6.01. The van der Waals surface area contributed by atoms with Gasteiger partial charge in [-0.2, -0.15) is 0 Å². The molecule has 0 unspecified atom stereocenters. The molecule has 1 rings (SSSR count). The van der Waals surface area contributed by atoms with Crippen LogP contribution in [0.1, 0.15) is 53.4 Å². The summed E-state index contributed by atoms with van der Waals surface area (Å²) >= 11 is 0. The molecule has 0 heterocycles. The molecule has 0 bridgehead atoms. The summed E-state index contributed by atoms with van der Waals surface area (Å²) in [5, 5.41) is 0. The Morgan fingerprint density at radius 2 is 1.17 bits per heavy atom. The third-order valence-corrected chi connectivity index (χ3v) is 2.26. The van der Waals surface area contributed by atoms with E-state index in [0.717, 1.165) is 0 Å². The molecular formula is C17H24O6. The Labute approximate surface area is 136 Å². The molecule has 0 aliphatic heterocycles. The SMILES string of the molecule is CC(C)(C)OC(=O)OC(OC(=O)OC(C)(C)C)c1ccccc1. The van der Waals surface area contributed by atoms with E-state index in [1.807, 2.05) is 0 Å². The topological polar surface area (TPSA) is 71.1 Å². The van der Waals surface area contributed by atoms with Gasteiger partial charge in [-0.15, -0.1) is 0 Å². The molecule has 0 aliphatic carbocycles. The maximum absolute atomic E-state index is 11.8. The minimum Gasteiger partial charge on any atom is -0.428 e. The molecule has 0 aliphatic rings. The van der Waals surface area contributed by atoms with Crippen molar-refractivity contribution in [1.82, 2.24) is 0 Å². The molecule has 6 heteroatoms. The number of carbonyl (C=O) groups is 2. The summed E-state index contributed by atoms with van der Waals surface area (Å²) in [5.41, 5.74) is -0.946. The molecule has 0 saturated heterocycles. The summed E-state index contributed by atoms with van der Waals surface area (Å²) in [5.74, 6) is 0. The molecule has 0 N–H and O–H groups in total. The fraction of sp³-hybridized carbons (Fsp3) is 0.529. The summed E-state index contributed by atoms with van der Waals surface area (Å²) in [6.45, 7) is 10.3. The number of carbonyl (C=O) groups excluding carboxylic acids is 2. The lowest BCUT2D eigenvalue weighted by Gasteiger charge is -2.24. The quantitative estimate of drug-likeness (QED) is 0.598. The summed E-state index contributed by atoms with van der Waals surface area (Å²) in [4.78, 5) is 23.7. The monoisotopic (exact) mass is 324 g/mol. The van der Waals surface area contributed by atoms with Gasteiger partial charge < -0.3 is 18.9 Å². The third-order valence-electron chi connectivity index (χ3n) is 2.26. The van der Waals surface area contributed by atoms with Crippen LogP contribution in [0.5, 0.6) is 0 Å². The van der Waals surface area contributed by atoms with Crippen LogP contribution in [-0.2, 0) is 18.9 Å². The lowest BCUT2D eigenvalue weighted by molar-refractivity contribution is -0.128. The number of benzene rings is 1. The highest BCUT2D eigenvalue weighted by Crippen LogP contribution is 2.23. The molecule has 128 valence electrons. The van der Waals surface area contributed by atoms with Gasteiger partial charge in [0.25, 0.3) is 6.29 Å². The minimum atomic E-state index is -1.25. The lowest BCUT2D eigenvalue weighted by Crippen LogP contribution is -2.29. The van der Waals surface area contributed by atoms with E-state index in [2.05, 4.69) is 0 Å². The van der Waals surface area contributed by atoms with Crippen LogP contribution in [0.25, 0.3) is 0 Å². The molecule has 0 radical (unpaired) electrons. The zero-order valence-corrected chi connectivity index (χ0v) is 14.4. The molecule has 0 amide bonds. The van der Waals surface area contributed by atoms with E-state index in [1.54, 1.807) is 71.9 Å². The van der Waals surface area contributed by atoms with Gasteiger partial charge in [0.2, 0.25) is 0 Å². The maximum atomic E-state index is 11.8. The molecule has 0 atom stereocenters. The molecular weight excluding hydrogens is 300 g/mol. The Balaban J connectivity index is 2.83. The summed E-state index contributed by atoms with van der Waals surface area (Å²) < 4.78 is 20.4. The Bertz CT molecular complexity index is 494. The van der Waals surface area contributed by atoms with Crippen LogP contribution in [0.4, 0.5) is 9.59 Å². The van der Waals surface area contributed by atoms with Crippen molar-refractivity contribution in [3.63, 3.8) is 0 Å². The minimum absolute atomic E-state index is 0.490. The highest BCUT2D eigenvalue weighted by Gasteiger charge is 2.27. The van der Waals surface area contributed by atoms with Crippen molar-refractivity contribution in [3.05, 3.63) is 35.9 Å². The Morgan fingerprint density at radius 3 is 1.52 bits per heavy atom. The molecule has 6 nitrogen and oxygen atoms in total. The van der Waals surface area contributed by atoms with E-state index in [-0.39, 0.29) is 0 Å². The first-order valence-electron chi connectivity index (χ1n) is 7.30. The second-order valence-electron chi connectivity index (χ2n) is 6.91. The lowest BCUT2D eigenvalue weighted by atomic mass is 10.2. The standard InChI is InChI=1S/C17H24O6/c1-16(2,3)22-14(18)20-13(12-10-8-7-9-11-12)21-15(19)23-17(4,5)6/h7-11,13H,1-6H3. The van der Waals surface area contributed by atoms with Crippen LogP contribution >= 0.6 is 0 Å². The molecule has 0 aromatic heterocycles.